The first kappa shape index (κ1) is 28.8. The van der Waals surface area contributed by atoms with Crippen LogP contribution in [0, 0.1) is 17.8 Å². The number of rotatable bonds is 7. The highest BCUT2D eigenvalue weighted by molar-refractivity contribution is 9.10. The normalized spacial score (nSPS) is 23.1. The minimum absolute atomic E-state index is 0.0834. The lowest BCUT2D eigenvalue weighted by molar-refractivity contribution is -0.179. The van der Waals surface area contributed by atoms with Crippen LogP contribution in [0.4, 0.5) is 4.79 Å². The molecule has 2 aromatic rings. The number of likely N-dealkylation sites (N-methyl/N-ethyl adjacent to an activating group) is 1. The van der Waals surface area contributed by atoms with Gasteiger partial charge in [0.15, 0.2) is 0 Å². The SMILES string of the molecule is CCN(CC)C(=O)[C@@H]1C=C2c3cccc4c3c(c(Br)n4C(=O)OC(OC(=O)[C@H]3CCOC3)C(C)C)C[C@H]2N(C)C1. The number of hydrogen-bond acceptors (Lipinski definition) is 7. The van der Waals surface area contributed by atoms with Gasteiger partial charge in [-0.1, -0.05) is 32.1 Å². The van der Waals surface area contributed by atoms with Crippen molar-refractivity contribution >= 4 is 50.4 Å². The summed E-state index contributed by atoms with van der Waals surface area (Å²) in [7, 11) is 2.06. The lowest BCUT2D eigenvalue weighted by Gasteiger charge is -2.40. The standard InChI is InChI=1S/C30H38BrN3O6/c1-6-33(7-2)27(35)19-13-21-20-9-8-10-23-25(20)22(14-24(21)32(5)15-19)26(31)34(23)30(37)40-29(17(3)4)39-28(36)18-11-12-38-16-18/h8-10,13,17-19,24,29H,6-7,11-12,14-16H2,1-5H3/t18-,19+,24+,29?/m0/s1. The highest BCUT2D eigenvalue weighted by atomic mass is 79.9. The summed E-state index contributed by atoms with van der Waals surface area (Å²) in [5.74, 6) is -1.07. The van der Waals surface area contributed by atoms with Crippen LogP contribution in [0.5, 0.6) is 0 Å². The van der Waals surface area contributed by atoms with Gasteiger partial charge in [-0.3, -0.25) is 14.5 Å². The van der Waals surface area contributed by atoms with Gasteiger partial charge in [-0.2, -0.15) is 0 Å². The van der Waals surface area contributed by atoms with Crippen molar-refractivity contribution in [2.75, 3.05) is 39.9 Å². The fourth-order valence-electron chi connectivity index (χ4n) is 6.08. The molecule has 0 spiro atoms. The number of amides is 1. The maximum absolute atomic E-state index is 13.6. The van der Waals surface area contributed by atoms with Gasteiger partial charge in [0, 0.05) is 43.6 Å². The predicted molar refractivity (Wildman–Crippen MR) is 155 cm³/mol. The fourth-order valence-corrected chi connectivity index (χ4v) is 6.77. The molecular weight excluding hydrogens is 578 g/mol. The average molecular weight is 617 g/mol. The van der Waals surface area contributed by atoms with Crippen molar-refractivity contribution in [2.45, 2.75) is 52.9 Å². The molecule has 0 N–H and O–H groups in total. The third kappa shape index (κ3) is 5.10. The summed E-state index contributed by atoms with van der Waals surface area (Å²) in [6, 6.07) is 5.97. The van der Waals surface area contributed by atoms with E-state index in [0.717, 1.165) is 22.1 Å². The van der Waals surface area contributed by atoms with Gasteiger partial charge in [-0.25, -0.2) is 9.36 Å². The summed E-state index contributed by atoms with van der Waals surface area (Å²) in [5.41, 5.74) is 3.86. The predicted octanol–water partition coefficient (Wildman–Crippen LogP) is 4.69. The van der Waals surface area contributed by atoms with Crippen molar-refractivity contribution in [1.29, 1.82) is 0 Å². The van der Waals surface area contributed by atoms with E-state index in [1.54, 1.807) is 0 Å². The van der Waals surface area contributed by atoms with Crippen LogP contribution >= 0.6 is 15.9 Å². The van der Waals surface area contributed by atoms with E-state index in [1.807, 2.05) is 44.7 Å². The van der Waals surface area contributed by atoms with Crippen LogP contribution in [0.25, 0.3) is 16.5 Å². The first-order valence-electron chi connectivity index (χ1n) is 14.2. The van der Waals surface area contributed by atoms with E-state index in [2.05, 4.69) is 40.0 Å². The van der Waals surface area contributed by atoms with Crippen molar-refractivity contribution in [2.24, 2.45) is 17.8 Å². The minimum atomic E-state index is -1.02. The smallest absolute Gasteiger partial charge is 0.422 e. The zero-order valence-corrected chi connectivity index (χ0v) is 25.4. The highest BCUT2D eigenvalue weighted by Gasteiger charge is 2.39. The third-order valence-electron chi connectivity index (χ3n) is 8.33. The fraction of sp³-hybridized carbons (Fsp3) is 0.567. The number of nitrogens with zero attached hydrogens (tertiary/aromatic N) is 3. The second-order valence-corrected chi connectivity index (χ2v) is 11.9. The largest absolute Gasteiger partial charge is 0.425 e. The van der Waals surface area contributed by atoms with E-state index in [9.17, 15) is 14.4 Å². The zero-order chi connectivity index (χ0) is 28.7. The number of hydrogen-bond donors (Lipinski definition) is 0. The molecule has 1 aromatic heterocycles. The number of fused-ring (bicyclic) bond motifs is 2. The summed E-state index contributed by atoms with van der Waals surface area (Å²) >= 11 is 3.70. The van der Waals surface area contributed by atoms with Crippen LogP contribution in [0.3, 0.4) is 0 Å². The average Bonchev–Trinajstić information content (AvgIpc) is 3.57. The molecule has 1 aromatic carbocycles. The number of aromatic nitrogens is 1. The Hall–Kier alpha value is -2.69. The summed E-state index contributed by atoms with van der Waals surface area (Å²) in [6.07, 6.45) is 1.78. The maximum atomic E-state index is 13.6. The minimum Gasteiger partial charge on any atom is -0.425 e. The van der Waals surface area contributed by atoms with Gasteiger partial charge in [-0.05, 0) is 72.4 Å². The number of ether oxygens (including phenoxy) is 3. The quantitative estimate of drug-likeness (QED) is 0.330. The van der Waals surface area contributed by atoms with E-state index < -0.39 is 18.4 Å². The number of benzene rings is 1. The monoisotopic (exact) mass is 615 g/mol. The van der Waals surface area contributed by atoms with Crippen molar-refractivity contribution in [3.63, 3.8) is 0 Å². The first-order chi connectivity index (χ1) is 19.2. The van der Waals surface area contributed by atoms with E-state index in [0.29, 0.717) is 55.8 Å². The molecular formula is C30H38BrN3O6. The summed E-state index contributed by atoms with van der Waals surface area (Å²) in [4.78, 5) is 43.7. The number of carbonyl (C=O) groups excluding carboxylic acids is 3. The van der Waals surface area contributed by atoms with Gasteiger partial charge in [0.25, 0.3) is 6.29 Å². The molecule has 5 rings (SSSR count). The molecule has 1 aliphatic carbocycles. The molecule has 0 saturated carbocycles. The highest BCUT2D eigenvalue weighted by Crippen LogP contribution is 2.45. The molecule has 3 aliphatic rings. The lowest BCUT2D eigenvalue weighted by Crippen LogP contribution is -2.47. The molecule has 4 atom stereocenters. The molecule has 3 heterocycles. The number of carbonyl (C=O) groups is 3. The topological polar surface area (TPSA) is 90.3 Å². The van der Waals surface area contributed by atoms with Crippen molar-refractivity contribution in [3.8, 4) is 0 Å². The molecule has 1 fully saturated rings. The Balaban J connectivity index is 1.48. The third-order valence-corrected chi connectivity index (χ3v) is 9.16. The molecule has 0 bridgehead atoms. The first-order valence-corrected chi connectivity index (χ1v) is 15.0. The molecule has 9 nitrogen and oxygen atoms in total. The van der Waals surface area contributed by atoms with Gasteiger partial charge in [0.1, 0.15) is 0 Å². The van der Waals surface area contributed by atoms with Crippen LogP contribution < -0.4 is 0 Å². The second-order valence-electron chi connectivity index (χ2n) is 11.2. The number of halogens is 1. The van der Waals surface area contributed by atoms with E-state index in [-0.39, 0.29) is 29.7 Å². The van der Waals surface area contributed by atoms with Gasteiger partial charge >= 0.3 is 12.1 Å². The summed E-state index contributed by atoms with van der Waals surface area (Å²) in [6.45, 7) is 10.6. The zero-order valence-electron chi connectivity index (χ0n) is 23.8. The molecule has 0 radical (unpaired) electrons. The Labute approximate surface area is 243 Å². The molecule has 1 amide bonds. The van der Waals surface area contributed by atoms with Crippen LogP contribution in [0.2, 0.25) is 0 Å². The Bertz CT molecular complexity index is 1340. The van der Waals surface area contributed by atoms with Crippen LogP contribution in [0.15, 0.2) is 28.9 Å². The lowest BCUT2D eigenvalue weighted by atomic mass is 9.79. The van der Waals surface area contributed by atoms with Gasteiger partial charge in [0.05, 0.1) is 28.6 Å². The summed E-state index contributed by atoms with van der Waals surface area (Å²) in [5, 5.41) is 0.972. The van der Waals surface area contributed by atoms with Crippen molar-refractivity contribution in [1.82, 2.24) is 14.4 Å². The second kappa shape index (κ2) is 11.7. The maximum Gasteiger partial charge on any atom is 0.422 e. The molecule has 216 valence electrons. The van der Waals surface area contributed by atoms with Gasteiger partial charge in [-0.15, -0.1) is 0 Å². The van der Waals surface area contributed by atoms with E-state index >= 15 is 0 Å². The Morgan fingerprint density at radius 1 is 1.18 bits per heavy atom. The van der Waals surface area contributed by atoms with Crippen molar-refractivity contribution < 1.29 is 28.6 Å². The van der Waals surface area contributed by atoms with Crippen LogP contribution in [-0.2, 0) is 30.2 Å². The van der Waals surface area contributed by atoms with Gasteiger partial charge in [0.2, 0.25) is 5.91 Å². The van der Waals surface area contributed by atoms with E-state index in [1.165, 1.54) is 4.57 Å². The summed E-state index contributed by atoms with van der Waals surface area (Å²) < 4.78 is 18.9. The molecule has 10 heteroatoms. The molecule has 1 saturated heterocycles. The Morgan fingerprint density at radius 2 is 1.93 bits per heavy atom. The Morgan fingerprint density at radius 3 is 2.58 bits per heavy atom. The molecule has 2 aliphatic heterocycles. The Kier molecular flexibility index (Phi) is 8.40. The van der Waals surface area contributed by atoms with Crippen molar-refractivity contribution in [3.05, 3.63) is 40.0 Å². The van der Waals surface area contributed by atoms with Crippen LogP contribution in [-0.4, -0.2) is 84.6 Å². The molecule has 1 unspecified atom stereocenters. The van der Waals surface area contributed by atoms with Crippen LogP contribution in [0.1, 0.15) is 45.2 Å². The van der Waals surface area contributed by atoms with Gasteiger partial charge < -0.3 is 19.1 Å². The molecule has 40 heavy (non-hydrogen) atoms. The van der Waals surface area contributed by atoms with E-state index in [4.69, 9.17) is 14.2 Å². The number of esters is 1.